The lowest BCUT2D eigenvalue weighted by Gasteiger charge is -1.96. The Morgan fingerprint density at radius 1 is 1.08 bits per heavy atom. The van der Waals surface area contributed by atoms with Gasteiger partial charge in [0, 0.05) is 0 Å². The Labute approximate surface area is 77.2 Å². The number of hydrogen-bond acceptors (Lipinski definition) is 2. The van der Waals surface area contributed by atoms with Crippen LogP contribution in [-0.4, -0.2) is 4.98 Å². The molecule has 0 radical (unpaired) electrons. The smallest absolute Gasteiger partial charge is 0.180 e. The third-order valence-corrected chi connectivity index (χ3v) is 2.00. The molecule has 0 aliphatic carbocycles. The van der Waals surface area contributed by atoms with Crippen molar-refractivity contribution in [3.8, 4) is 0 Å². The molecule has 0 atom stereocenters. The molecule has 2 nitrogen and oxygen atoms in total. The van der Waals surface area contributed by atoms with Crippen LogP contribution in [0, 0.1) is 0 Å². The van der Waals surface area contributed by atoms with Crippen molar-refractivity contribution in [1.82, 2.24) is 4.98 Å². The van der Waals surface area contributed by atoms with Crippen molar-refractivity contribution in [1.29, 1.82) is 0 Å². The van der Waals surface area contributed by atoms with Gasteiger partial charge in [-0.05, 0) is 18.4 Å². The molecule has 1 aromatic carbocycles. The summed E-state index contributed by atoms with van der Waals surface area (Å²) in [6.45, 7) is 0. The fourth-order valence-electron chi connectivity index (χ4n) is 1.28. The SMILES string of the molecule is c1ccc(CCc2cocn2)cc1. The van der Waals surface area contributed by atoms with Crippen LogP contribution in [0.4, 0.5) is 0 Å². The van der Waals surface area contributed by atoms with E-state index in [1.165, 1.54) is 12.0 Å². The predicted octanol–water partition coefficient (Wildman–Crippen LogP) is 2.46. The largest absolute Gasteiger partial charge is 0.451 e. The first kappa shape index (κ1) is 8.05. The van der Waals surface area contributed by atoms with Crippen molar-refractivity contribution in [3.05, 3.63) is 54.2 Å². The van der Waals surface area contributed by atoms with Gasteiger partial charge in [-0.1, -0.05) is 30.3 Å². The first-order chi connectivity index (χ1) is 6.45. The van der Waals surface area contributed by atoms with Gasteiger partial charge < -0.3 is 4.42 Å². The number of aromatic nitrogens is 1. The van der Waals surface area contributed by atoms with Crippen LogP contribution in [0.5, 0.6) is 0 Å². The van der Waals surface area contributed by atoms with Gasteiger partial charge in [-0.15, -0.1) is 0 Å². The number of benzene rings is 1. The normalized spacial score (nSPS) is 10.2. The van der Waals surface area contributed by atoms with E-state index in [-0.39, 0.29) is 0 Å². The molecule has 0 N–H and O–H groups in total. The van der Waals surface area contributed by atoms with Crippen LogP contribution in [0.25, 0.3) is 0 Å². The maximum atomic E-state index is 4.89. The summed E-state index contributed by atoms with van der Waals surface area (Å²) in [4.78, 5) is 4.06. The number of nitrogens with zero attached hydrogens (tertiary/aromatic N) is 1. The quantitative estimate of drug-likeness (QED) is 0.712. The average Bonchev–Trinajstić information content (AvgIpc) is 2.69. The van der Waals surface area contributed by atoms with E-state index in [1.807, 2.05) is 6.07 Å². The second kappa shape index (κ2) is 3.90. The molecular weight excluding hydrogens is 162 g/mol. The monoisotopic (exact) mass is 173 g/mol. The average molecular weight is 173 g/mol. The number of hydrogen-bond donors (Lipinski definition) is 0. The topological polar surface area (TPSA) is 26.0 Å². The van der Waals surface area contributed by atoms with Crippen LogP contribution in [-0.2, 0) is 12.8 Å². The predicted molar refractivity (Wildman–Crippen MR) is 50.4 cm³/mol. The molecule has 66 valence electrons. The zero-order chi connectivity index (χ0) is 8.93. The Kier molecular flexibility index (Phi) is 2.41. The Morgan fingerprint density at radius 3 is 2.62 bits per heavy atom. The Hall–Kier alpha value is -1.57. The van der Waals surface area contributed by atoms with Crippen molar-refractivity contribution in [2.45, 2.75) is 12.8 Å². The summed E-state index contributed by atoms with van der Waals surface area (Å²) in [5, 5.41) is 0. The summed E-state index contributed by atoms with van der Waals surface area (Å²) in [5.74, 6) is 0. The molecule has 0 saturated heterocycles. The van der Waals surface area contributed by atoms with Gasteiger partial charge in [0.25, 0.3) is 0 Å². The van der Waals surface area contributed by atoms with E-state index in [4.69, 9.17) is 4.42 Å². The molecule has 2 heteroatoms. The van der Waals surface area contributed by atoms with Crippen molar-refractivity contribution in [2.75, 3.05) is 0 Å². The maximum Gasteiger partial charge on any atom is 0.180 e. The molecule has 0 spiro atoms. The first-order valence-electron chi connectivity index (χ1n) is 4.36. The summed E-state index contributed by atoms with van der Waals surface area (Å²) in [6, 6.07) is 10.4. The van der Waals surface area contributed by atoms with E-state index in [0.717, 1.165) is 18.5 Å². The minimum Gasteiger partial charge on any atom is -0.451 e. The fourth-order valence-corrected chi connectivity index (χ4v) is 1.28. The Morgan fingerprint density at radius 2 is 1.92 bits per heavy atom. The molecule has 13 heavy (non-hydrogen) atoms. The number of aryl methyl sites for hydroxylation is 2. The highest BCUT2D eigenvalue weighted by Crippen LogP contribution is 2.04. The van der Waals surface area contributed by atoms with Gasteiger partial charge in [-0.3, -0.25) is 0 Å². The third kappa shape index (κ3) is 2.18. The van der Waals surface area contributed by atoms with Gasteiger partial charge in [0.1, 0.15) is 6.26 Å². The van der Waals surface area contributed by atoms with Gasteiger partial charge in [-0.2, -0.15) is 0 Å². The van der Waals surface area contributed by atoms with Crippen molar-refractivity contribution in [3.63, 3.8) is 0 Å². The van der Waals surface area contributed by atoms with Crippen LogP contribution in [0.1, 0.15) is 11.3 Å². The zero-order valence-corrected chi connectivity index (χ0v) is 7.31. The zero-order valence-electron chi connectivity index (χ0n) is 7.31. The molecule has 2 aromatic rings. The van der Waals surface area contributed by atoms with E-state index >= 15 is 0 Å². The van der Waals surface area contributed by atoms with Crippen LogP contribution >= 0.6 is 0 Å². The Bertz CT molecular complexity index is 340. The minimum atomic E-state index is 0.945. The second-order valence-electron chi connectivity index (χ2n) is 2.97. The molecule has 0 unspecified atom stereocenters. The van der Waals surface area contributed by atoms with Gasteiger partial charge in [0.2, 0.25) is 0 Å². The molecule has 0 bridgehead atoms. The maximum absolute atomic E-state index is 4.89. The summed E-state index contributed by atoms with van der Waals surface area (Å²) in [7, 11) is 0. The molecule has 0 amide bonds. The highest BCUT2D eigenvalue weighted by molar-refractivity contribution is 5.15. The van der Waals surface area contributed by atoms with E-state index in [0.29, 0.717) is 0 Å². The van der Waals surface area contributed by atoms with Crippen molar-refractivity contribution < 1.29 is 4.42 Å². The standard InChI is InChI=1S/C11H11NO/c1-2-4-10(5-3-1)6-7-11-8-13-9-12-11/h1-5,8-9H,6-7H2. The van der Waals surface area contributed by atoms with Crippen LogP contribution in [0.2, 0.25) is 0 Å². The lowest BCUT2D eigenvalue weighted by molar-refractivity contribution is 0.556. The molecule has 0 fully saturated rings. The molecule has 1 aromatic heterocycles. The van der Waals surface area contributed by atoms with E-state index < -0.39 is 0 Å². The Balaban J connectivity index is 1.94. The lowest BCUT2D eigenvalue weighted by atomic mass is 10.1. The van der Waals surface area contributed by atoms with Crippen molar-refractivity contribution >= 4 is 0 Å². The van der Waals surface area contributed by atoms with Crippen LogP contribution < -0.4 is 0 Å². The number of rotatable bonds is 3. The van der Waals surface area contributed by atoms with Gasteiger partial charge in [0.05, 0.1) is 5.69 Å². The summed E-state index contributed by atoms with van der Waals surface area (Å²) >= 11 is 0. The summed E-state index contributed by atoms with van der Waals surface area (Å²) in [6.07, 6.45) is 5.14. The molecule has 0 saturated carbocycles. The number of oxazole rings is 1. The molecular formula is C11H11NO. The van der Waals surface area contributed by atoms with Crippen LogP contribution in [0.15, 0.2) is 47.4 Å². The molecule has 2 rings (SSSR count). The lowest BCUT2D eigenvalue weighted by Crippen LogP contribution is -1.90. The van der Waals surface area contributed by atoms with Crippen molar-refractivity contribution in [2.24, 2.45) is 0 Å². The van der Waals surface area contributed by atoms with E-state index in [2.05, 4.69) is 29.2 Å². The van der Waals surface area contributed by atoms with Gasteiger partial charge >= 0.3 is 0 Å². The summed E-state index contributed by atoms with van der Waals surface area (Å²) in [5.41, 5.74) is 2.36. The first-order valence-corrected chi connectivity index (χ1v) is 4.36. The van der Waals surface area contributed by atoms with E-state index in [9.17, 15) is 0 Å². The molecule has 1 heterocycles. The molecule has 0 aliphatic heterocycles. The minimum absolute atomic E-state index is 0.945. The highest BCUT2D eigenvalue weighted by Gasteiger charge is 1.96. The van der Waals surface area contributed by atoms with Gasteiger partial charge in [0.15, 0.2) is 6.39 Å². The fraction of sp³-hybridized carbons (Fsp3) is 0.182. The third-order valence-electron chi connectivity index (χ3n) is 2.00. The summed E-state index contributed by atoms with van der Waals surface area (Å²) < 4.78 is 4.89. The van der Waals surface area contributed by atoms with Crippen LogP contribution in [0.3, 0.4) is 0 Å². The molecule has 0 aliphatic rings. The van der Waals surface area contributed by atoms with E-state index in [1.54, 1.807) is 6.26 Å². The highest BCUT2D eigenvalue weighted by atomic mass is 16.3. The van der Waals surface area contributed by atoms with Gasteiger partial charge in [-0.25, -0.2) is 4.98 Å². The second-order valence-corrected chi connectivity index (χ2v) is 2.97.